The summed E-state index contributed by atoms with van der Waals surface area (Å²) in [4.78, 5) is 0. The molecule has 1 aliphatic heterocycles. The molecule has 0 aromatic carbocycles. The first-order valence-electron chi connectivity index (χ1n) is 5.76. The minimum Gasteiger partial charge on any atom is -0.390 e. The van der Waals surface area contributed by atoms with Gasteiger partial charge in [-0.05, 0) is 32.4 Å². The van der Waals surface area contributed by atoms with Gasteiger partial charge in [0.25, 0.3) is 0 Å². The third kappa shape index (κ3) is 2.21. The van der Waals surface area contributed by atoms with Gasteiger partial charge < -0.3 is 10.4 Å². The highest BCUT2D eigenvalue weighted by molar-refractivity contribution is 5.14. The first-order valence-corrected chi connectivity index (χ1v) is 5.76. The number of nitrogens with zero attached hydrogens (tertiary/aromatic N) is 2. The molecule has 0 bridgehead atoms. The maximum absolute atomic E-state index is 9.18. The Morgan fingerprint density at radius 2 is 2.47 bits per heavy atom. The normalized spacial score (nSPS) is 21.9. The zero-order valence-electron chi connectivity index (χ0n) is 9.24. The molecule has 1 aromatic rings. The summed E-state index contributed by atoms with van der Waals surface area (Å²) in [6, 6.07) is 2.41. The summed E-state index contributed by atoms with van der Waals surface area (Å²) in [5.74, 6) is 0. The molecule has 2 heterocycles. The van der Waals surface area contributed by atoms with E-state index < -0.39 is 0 Å². The lowest BCUT2D eigenvalue weighted by Crippen LogP contribution is -2.27. The van der Waals surface area contributed by atoms with E-state index in [1.165, 1.54) is 12.8 Å². The van der Waals surface area contributed by atoms with Crippen LogP contribution in [0.2, 0.25) is 0 Å². The molecule has 1 atom stereocenters. The van der Waals surface area contributed by atoms with Gasteiger partial charge in [-0.3, -0.25) is 4.68 Å². The Bertz CT molecular complexity index is 294. The molecule has 1 saturated heterocycles. The molecule has 4 nitrogen and oxygen atoms in total. The highest BCUT2D eigenvalue weighted by Gasteiger charge is 2.18. The highest BCUT2D eigenvalue weighted by Crippen LogP contribution is 2.22. The summed E-state index contributed by atoms with van der Waals surface area (Å²) in [7, 11) is 0. The Balaban J connectivity index is 2.16. The fourth-order valence-electron chi connectivity index (χ4n) is 2.15. The van der Waals surface area contributed by atoms with Gasteiger partial charge in [0.1, 0.15) is 0 Å². The SMILES string of the molecule is CCn1nc([C@@H]2CCCCN2)cc1CO. The molecule has 2 rings (SSSR count). The minimum atomic E-state index is 0.0769. The number of rotatable bonds is 3. The molecule has 4 heteroatoms. The van der Waals surface area contributed by atoms with Crippen molar-refractivity contribution >= 4 is 0 Å². The van der Waals surface area contributed by atoms with Gasteiger partial charge in [-0.25, -0.2) is 0 Å². The quantitative estimate of drug-likeness (QED) is 0.786. The van der Waals surface area contributed by atoms with Crippen molar-refractivity contribution in [2.24, 2.45) is 0 Å². The van der Waals surface area contributed by atoms with Crippen LogP contribution in [0, 0.1) is 0 Å². The van der Waals surface area contributed by atoms with Crippen molar-refractivity contribution in [2.75, 3.05) is 6.54 Å². The van der Waals surface area contributed by atoms with Gasteiger partial charge >= 0.3 is 0 Å². The summed E-state index contributed by atoms with van der Waals surface area (Å²) in [5, 5.41) is 17.2. The number of aliphatic hydroxyl groups excluding tert-OH is 1. The van der Waals surface area contributed by atoms with E-state index in [1.54, 1.807) is 0 Å². The second-order valence-corrected chi connectivity index (χ2v) is 4.04. The van der Waals surface area contributed by atoms with E-state index in [0.717, 1.165) is 30.9 Å². The van der Waals surface area contributed by atoms with Crippen LogP contribution in [0.15, 0.2) is 6.07 Å². The van der Waals surface area contributed by atoms with Crippen molar-refractivity contribution in [2.45, 2.75) is 45.4 Å². The summed E-state index contributed by atoms with van der Waals surface area (Å²) >= 11 is 0. The van der Waals surface area contributed by atoms with Gasteiger partial charge in [0, 0.05) is 6.54 Å². The van der Waals surface area contributed by atoms with Crippen LogP contribution in [0.4, 0.5) is 0 Å². The van der Waals surface area contributed by atoms with Crippen molar-refractivity contribution in [3.63, 3.8) is 0 Å². The van der Waals surface area contributed by atoms with Crippen molar-refractivity contribution in [1.82, 2.24) is 15.1 Å². The molecule has 0 radical (unpaired) electrons. The maximum Gasteiger partial charge on any atom is 0.0849 e. The zero-order valence-corrected chi connectivity index (χ0v) is 9.24. The van der Waals surface area contributed by atoms with Crippen LogP contribution in [-0.2, 0) is 13.2 Å². The summed E-state index contributed by atoms with van der Waals surface area (Å²) < 4.78 is 1.88. The molecule has 84 valence electrons. The fraction of sp³-hybridized carbons (Fsp3) is 0.727. The third-order valence-electron chi connectivity index (χ3n) is 3.01. The zero-order chi connectivity index (χ0) is 10.7. The number of piperidine rings is 1. The molecule has 0 aliphatic carbocycles. The fourth-order valence-corrected chi connectivity index (χ4v) is 2.15. The number of nitrogens with one attached hydrogen (secondary N) is 1. The number of hydrogen-bond donors (Lipinski definition) is 2. The topological polar surface area (TPSA) is 50.1 Å². The van der Waals surface area contributed by atoms with E-state index in [4.69, 9.17) is 0 Å². The van der Waals surface area contributed by atoms with Gasteiger partial charge in [0.2, 0.25) is 0 Å². The molecular weight excluding hydrogens is 190 g/mol. The average molecular weight is 209 g/mol. The predicted molar refractivity (Wildman–Crippen MR) is 58.4 cm³/mol. The predicted octanol–water partition coefficient (Wildman–Crippen LogP) is 1.21. The Morgan fingerprint density at radius 3 is 3.00 bits per heavy atom. The second-order valence-electron chi connectivity index (χ2n) is 4.04. The van der Waals surface area contributed by atoms with Crippen LogP contribution in [0.1, 0.15) is 43.6 Å². The van der Waals surface area contributed by atoms with E-state index in [2.05, 4.69) is 10.4 Å². The van der Waals surface area contributed by atoms with Gasteiger partial charge in [0.15, 0.2) is 0 Å². The third-order valence-corrected chi connectivity index (χ3v) is 3.01. The smallest absolute Gasteiger partial charge is 0.0849 e. The lowest BCUT2D eigenvalue weighted by Gasteiger charge is -2.21. The van der Waals surface area contributed by atoms with E-state index in [1.807, 2.05) is 17.7 Å². The van der Waals surface area contributed by atoms with Gasteiger partial charge in [-0.1, -0.05) is 6.42 Å². The molecule has 1 aromatic heterocycles. The van der Waals surface area contributed by atoms with Gasteiger partial charge in [0.05, 0.1) is 24.0 Å². The van der Waals surface area contributed by atoms with Crippen LogP contribution >= 0.6 is 0 Å². The Labute approximate surface area is 90.3 Å². The Kier molecular flexibility index (Phi) is 3.38. The van der Waals surface area contributed by atoms with Crippen LogP contribution in [-0.4, -0.2) is 21.4 Å². The standard InChI is InChI=1S/C11H19N3O/c1-2-14-9(8-15)7-11(13-14)10-5-3-4-6-12-10/h7,10,12,15H,2-6,8H2,1H3/t10-/m0/s1. The van der Waals surface area contributed by atoms with Gasteiger partial charge in [-0.15, -0.1) is 0 Å². The van der Waals surface area contributed by atoms with Crippen LogP contribution < -0.4 is 5.32 Å². The first-order chi connectivity index (χ1) is 7.35. The molecule has 0 amide bonds. The first kappa shape index (κ1) is 10.6. The average Bonchev–Trinajstić information content (AvgIpc) is 2.73. The molecule has 0 saturated carbocycles. The molecular formula is C11H19N3O. The largest absolute Gasteiger partial charge is 0.390 e. The molecule has 0 unspecified atom stereocenters. The summed E-state index contributed by atoms with van der Waals surface area (Å²) in [6.45, 7) is 4.03. The lowest BCUT2D eigenvalue weighted by molar-refractivity contribution is 0.268. The summed E-state index contributed by atoms with van der Waals surface area (Å²) in [5.41, 5.74) is 2.00. The van der Waals surface area contributed by atoms with Crippen LogP contribution in [0.5, 0.6) is 0 Å². The van der Waals surface area contributed by atoms with E-state index in [9.17, 15) is 5.11 Å². The van der Waals surface area contributed by atoms with Crippen molar-refractivity contribution in [3.05, 3.63) is 17.5 Å². The Morgan fingerprint density at radius 1 is 1.60 bits per heavy atom. The van der Waals surface area contributed by atoms with Crippen molar-refractivity contribution in [1.29, 1.82) is 0 Å². The monoisotopic (exact) mass is 209 g/mol. The van der Waals surface area contributed by atoms with Crippen LogP contribution in [0.25, 0.3) is 0 Å². The van der Waals surface area contributed by atoms with E-state index >= 15 is 0 Å². The second kappa shape index (κ2) is 4.77. The Hall–Kier alpha value is -0.870. The highest BCUT2D eigenvalue weighted by atomic mass is 16.3. The molecule has 2 N–H and O–H groups in total. The molecule has 15 heavy (non-hydrogen) atoms. The molecule has 0 spiro atoms. The lowest BCUT2D eigenvalue weighted by atomic mass is 10.0. The number of aromatic nitrogens is 2. The number of hydrogen-bond acceptors (Lipinski definition) is 3. The van der Waals surface area contributed by atoms with Crippen molar-refractivity contribution in [3.8, 4) is 0 Å². The molecule has 1 fully saturated rings. The molecule has 1 aliphatic rings. The number of aryl methyl sites for hydroxylation is 1. The minimum absolute atomic E-state index is 0.0769. The van der Waals surface area contributed by atoms with E-state index in [-0.39, 0.29) is 6.61 Å². The number of aliphatic hydroxyl groups is 1. The van der Waals surface area contributed by atoms with Crippen LogP contribution in [0.3, 0.4) is 0 Å². The van der Waals surface area contributed by atoms with Gasteiger partial charge in [-0.2, -0.15) is 5.10 Å². The maximum atomic E-state index is 9.18. The van der Waals surface area contributed by atoms with E-state index in [0.29, 0.717) is 6.04 Å². The van der Waals surface area contributed by atoms with Crippen molar-refractivity contribution < 1.29 is 5.11 Å². The summed E-state index contributed by atoms with van der Waals surface area (Å²) in [6.07, 6.45) is 3.69.